The number of carbonyl (C=O) groups is 1. The summed E-state index contributed by atoms with van der Waals surface area (Å²) in [6.45, 7) is 9.99. The molecule has 1 rings (SSSR count). The third-order valence-corrected chi connectivity index (χ3v) is 3.38. The van der Waals surface area contributed by atoms with E-state index >= 15 is 0 Å². The van der Waals surface area contributed by atoms with E-state index in [1.165, 1.54) is 0 Å². The van der Waals surface area contributed by atoms with Crippen molar-refractivity contribution in [2.75, 3.05) is 0 Å². The zero-order chi connectivity index (χ0) is 16.0. The van der Waals surface area contributed by atoms with Crippen LogP contribution < -0.4 is 15.8 Å². The number of benzene rings is 1. The predicted octanol–water partition coefficient (Wildman–Crippen LogP) is 3.02. The van der Waals surface area contributed by atoms with Gasteiger partial charge in [-0.2, -0.15) is 0 Å². The Hall–Kier alpha value is -1.55. The number of hydrogen-bond donors (Lipinski definition) is 2. The smallest absolute Gasteiger partial charge is 0.222 e. The van der Waals surface area contributed by atoms with E-state index in [0.717, 1.165) is 11.3 Å². The van der Waals surface area contributed by atoms with Crippen LogP contribution in [0.5, 0.6) is 5.75 Å². The topological polar surface area (TPSA) is 64.3 Å². The van der Waals surface area contributed by atoms with Crippen LogP contribution in [0.25, 0.3) is 0 Å². The van der Waals surface area contributed by atoms with Gasteiger partial charge in [0.1, 0.15) is 5.75 Å². The molecule has 0 aliphatic carbocycles. The monoisotopic (exact) mass is 292 g/mol. The highest BCUT2D eigenvalue weighted by molar-refractivity contribution is 5.77. The Balaban J connectivity index is 2.62. The summed E-state index contributed by atoms with van der Waals surface area (Å²) in [6, 6.07) is 7.65. The normalized spacial score (nSPS) is 14.1. The van der Waals surface area contributed by atoms with Crippen LogP contribution in [0, 0.1) is 5.92 Å². The molecule has 0 saturated carbocycles. The Morgan fingerprint density at radius 3 is 2.48 bits per heavy atom. The molecule has 2 atom stereocenters. The maximum absolute atomic E-state index is 12.0. The van der Waals surface area contributed by atoms with Gasteiger partial charge in [-0.1, -0.05) is 26.0 Å². The molecule has 0 saturated heterocycles. The Bertz CT molecular complexity index is 458. The molecule has 1 aromatic carbocycles. The van der Waals surface area contributed by atoms with Crippen molar-refractivity contribution in [2.45, 2.75) is 59.2 Å². The predicted molar refractivity (Wildman–Crippen MR) is 86.2 cm³/mol. The molecule has 0 fully saturated rings. The van der Waals surface area contributed by atoms with Gasteiger partial charge in [0.2, 0.25) is 5.91 Å². The van der Waals surface area contributed by atoms with Gasteiger partial charge in [-0.15, -0.1) is 0 Å². The van der Waals surface area contributed by atoms with Gasteiger partial charge in [0, 0.05) is 12.5 Å². The lowest BCUT2D eigenvalue weighted by Crippen LogP contribution is -2.35. The Morgan fingerprint density at radius 1 is 1.24 bits per heavy atom. The standard InChI is InChI=1S/C17H28N2O2/c1-11(2)16(18)10-17(20)19-13(5)14-7-6-8-15(9-14)21-12(3)4/h6-9,11-13,16H,10,18H2,1-5H3,(H,19,20). The van der Waals surface area contributed by atoms with Crippen molar-refractivity contribution < 1.29 is 9.53 Å². The van der Waals surface area contributed by atoms with Crippen LogP contribution >= 0.6 is 0 Å². The van der Waals surface area contributed by atoms with Gasteiger partial charge in [-0.3, -0.25) is 4.79 Å². The van der Waals surface area contributed by atoms with Crippen molar-refractivity contribution in [2.24, 2.45) is 11.7 Å². The summed E-state index contributed by atoms with van der Waals surface area (Å²) >= 11 is 0. The molecule has 4 heteroatoms. The molecular formula is C17H28N2O2. The second-order valence-corrected chi connectivity index (χ2v) is 6.14. The van der Waals surface area contributed by atoms with Gasteiger partial charge in [-0.25, -0.2) is 0 Å². The molecule has 0 radical (unpaired) electrons. The second kappa shape index (κ2) is 8.03. The lowest BCUT2D eigenvalue weighted by molar-refractivity contribution is -0.122. The first-order chi connectivity index (χ1) is 9.79. The van der Waals surface area contributed by atoms with Crippen molar-refractivity contribution in [3.05, 3.63) is 29.8 Å². The quantitative estimate of drug-likeness (QED) is 0.812. The van der Waals surface area contributed by atoms with E-state index in [-0.39, 0.29) is 24.1 Å². The van der Waals surface area contributed by atoms with Gasteiger partial charge in [0.15, 0.2) is 0 Å². The van der Waals surface area contributed by atoms with Crippen molar-refractivity contribution in [3.63, 3.8) is 0 Å². The number of amides is 1. The highest BCUT2D eigenvalue weighted by Crippen LogP contribution is 2.20. The molecule has 0 aromatic heterocycles. The fraction of sp³-hybridized carbons (Fsp3) is 0.588. The van der Waals surface area contributed by atoms with Crippen molar-refractivity contribution in [3.8, 4) is 5.75 Å². The average molecular weight is 292 g/mol. The number of hydrogen-bond acceptors (Lipinski definition) is 3. The van der Waals surface area contributed by atoms with Gasteiger partial charge in [0.25, 0.3) is 0 Å². The number of ether oxygens (including phenoxy) is 1. The molecule has 0 aliphatic heterocycles. The number of nitrogens with one attached hydrogen (secondary N) is 1. The van der Waals surface area contributed by atoms with Crippen LogP contribution in [0.4, 0.5) is 0 Å². The number of nitrogens with two attached hydrogens (primary N) is 1. The summed E-state index contributed by atoms with van der Waals surface area (Å²) in [5.74, 6) is 1.11. The summed E-state index contributed by atoms with van der Waals surface area (Å²) in [5, 5.41) is 2.99. The van der Waals surface area contributed by atoms with E-state index in [0.29, 0.717) is 12.3 Å². The fourth-order valence-electron chi connectivity index (χ4n) is 1.96. The van der Waals surface area contributed by atoms with E-state index < -0.39 is 0 Å². The van der Waals surface area contributed by atoms with Gasteiger partial charge in [-0.05, 0) is 44.4 Å². The van der Waals surface area contributed by atoms with E-state index in [4.69, 9.17) is 10.5 Å². The van der Waals surface area contributed by atoms with Gasteiger partial charge < -0.3 is 15.8 Å². The van der Waals surface area contributed by atoms with Crippen LogP contribution in [0.3, 0.4) is 0 Å². The first kappa shape index (κ1) is 17.5. The summed E-state index contributed by atoms with van der Waals surface area (Å²) in [7, 11) is 0. The largest absolute Gasteiger partial charge is 0.491 e. The van der Waals surface area contributed by atoms with Crippen LogP contribution in [0.1, 0.15) is 52.6 Å². The zero-order valence-corrected chi connectivity index (χ0v) is 13.7. The molecule has 1 aromatic rings. The maximum atomic E-state index is 12.0. The molecule has 0 spiro atoms. The highest BCUT2D eigenvalue weighted by Gasteiger charge is 2.15. The summed E-state index contributed by atoms with van der Waals surface area (Å²) in [5.41, 5.74) is 6.96. The molecule has 1 amide bonds. The Kier molecular flexibility index (Phi) is 6.69. The van der Waals surface area contributed by atoms with E-state index in [1.54, 1.807) is 0 Å². The van der Waals surface area contributed by atoms with Crippen LogP contribution in [-0.2, 0) is 4.79 Å². The Morgan fingerprint density at radius 2 is 1.90 bits per heavy atom. The van der Waals surface area contributed by atoms with E-state index in [9.17, 15) is 4.79 Å². The zero-order valence-electron chi connectivity index (χ0n) is 13.7. The first-order valence-electron chi connectivity index (χ1n) is 7.61. The van der Waals surface area contributed by atoms with Crippen molar-refractivity contribution in [1.29, 1.82) is 0 Å². The van der Waals surface area contributed by atoms with E-state index in [1.807, 2.05) is 58.9 Å². The molecule has 3 N–H and O–H groups in total. The van der Waals surface area contributed by atoms with Crippen LogP contribution in [0.15, 0.2) is 24.3 Å². The minimum Gasteiger partial charge on any atom is -0.491 e. The number of rotatable bonds is 7. The molecular weight excluding hydrogens is 264 g/mol. The fourth-order valence-corrected chi connectivity index (χ4v) is 1.96. The third kappa shape index (κ3) is 6.17. The summed E-state index contributed by atoms with van der Waals surface area (Å²) in [4.78, 5) is 12.0. The molecule has 21 heavy (non-hydrogen) atoms. The molecule has 0 aliphatic rings. The maximum Gasteiger partial charge on any atom is 0.222 e. The first-order valence-corrected chi connectivity index (χ1v) is 7.61. The summed E-state index contributed by atoms with van der Waals surface area (Å²) in [6.07, 6.45) is 0.485. The van der Waals surface area contributed by atoms with E-state index in [2.05, 4.69) is 5.32 Å². The number of carbonyl (C=O) groups excluding carboxylic acids is 1. The third-order valence-electron chi connectivity index (χ3n) is 3.38. The molecule has 4 nitrogen and oxygen atoms in total. The van der Waals surface area contributed by atoms with Crippen molar-refractivity contribution in [1.82, 2.24) is 5.32 Å². The highest BCUT2D eigenvalue weighted by atomic mass is 16.5. The van der Waals surface area contributed by atoms with Crippen LogP contribution in [-0.4, -0.2) is 18.1 Å². The molecule has 0 heterocycles. The lowest BCUT2D eigenvalue weighted by Gasteiger charge is -2.19. The van der Waals surface area contributed by atoms with Gasteiger partial charge in [0.05, 0.1) is 12.1 Å². The molecule has 2 unspecified atom stereocenters. The summed E-state index contributed by atoms with van der Waals surface area (Å²) < 4.78 is 5.67. The SMILES string of the molecule is CC(C)Oc1cccc(C(C)NC(=O)CC(N)C(C)C)c1. The molecule has 0 bridgehead atoms. The minimum atomic E-state index is -0.104. The lowest BCUT2D eigenvalue weighted by atomic mass is 10.0. The second-order valence-electron chi connectivity index (χ2n) is 6.14. The van der Waals surface area contributed by atoms with Crippen LogP contribution in [0.2, 0.25) is 0 Å². The van der Waals surface area contributed by atoms with Gasteiger partial charge >= 0.3 is 0 Å². The Labute approximate surface area is 128 Å². The average Bonchev–Trinajstić information content (AvgIpc) is 2.37. The minimum absolute atomic E-state index is 0.0149. The molecule has 118 valence electrons. The van der Waals surface area contributed by atoms with Crippen molar-refractivity contribution >= 4 is 5.91 Å².